The average molecular weight is 440 g/mol. The minimum absolute atomic E-state index is 0.105. The number of nitrogens with zero attached hydrogens (tertiary/aromatic N) is 3. The highest BCUT2D eigenvalue weighted by molar-refractivity contribution is 6.51. The first kappa shape index (κ1) is 24.3. The van der Waals surface area contributed by atoms with Crippen molar-refractivity contribution < 1.29 is 9.47 Å². The largest absolute Gasteiger partial charge is 0.488 e. The first-order valence-corrected chi connectivity index (χ1v) is 11.6. The number of aliphatic imine (C=N–C) groups is 2. The van der Waals surface area contributed by atoms with E-state index in [0.717, 1.165) is 44.7 Å². The maximum absolute atomic E-state index is 8.70. The van der Waals surface area contributed by atoms with Crippen molar-refractivity contribution in [3.05, 3.63) is 48.3 Å². The topological polar surface area (TPSA) is 96.3 Å². The van der Waals surface area contributed by atoms with E-state index < -0.39 is 6.04 Å². The fraction of sp³-hybridized carbons (Fsp3) is 0.560. The Bertz CT molecular complexity index is 838. The van der Waals surface area contributed by atoms with Crippen LogP contribution in [0.5, 0.6) is 0 Å². The summed E-state index contributed by atoms with van der Waals surface area (Å²) in [5, 5.41) is 8.70. The van der Waals surface area contributed by atoms with Gasteiger partial charge in [-0.25, -0.2) is 4.99 Å². The van der Waals surface area contributed by atoms with Crippen LogP contribution in [0.3, 0.4) is 0 Å². The molecule has 3 N–H and O–H groups in total. The average Bonchev–Trinajstić information content (AvgIpc) is 3.55. The van der Waals surface area contributed by atoms with E-state index in [0.29, 0.717) is 30.0 Å². The molecule has 2 unspecified atom stereocenters. The SMILES string of the molecule is C=CC(=NC=NCN1C(CC)COCC1CC)C(=N)C1=CC(OC2(C)CC2)=CC=C[C@H]1N. The van der Waals surface area contributed by atoms with E-state index in [4.69, 9.17) is 20.6 Å². The predicted octanol–water partition coefficient (Wildman–Crippen LogP) is 3.78. The molecule has 1 saturated carbocycles. The van der Waals surface area contributed by atoms with E-state index >= 15 is 0 Å². The van der Waals surface area contributed by atoms with Crippen LogP contribution in [-0.2, 0) is 9.47 Å². The molecule has 32 heavy (non-hydrogen) atoms. The van der Waals surface area contributed by atoms with E-state index in [1.807, 2.05) is 24.3 Å². The monoisotopic (exact) mass is 439 g/mol. The second kappa shape index (κ2) is 11.0. The van der Waals surface area contributed by atoms with Gasteiger partial charge in [-0.2, -0.15) is 0 Å². The van der Waals surface area contributed by atoms with Gasteiger partial charge in [-0.1, -0.05) is 32.6 Å². The summed E-state index contributed by atoms with van der Waals surface area (Å²) in [4.78, 5) is 11.3. The Morgan fingerprint density at radius 1 is 1.34 bits per heavy atom. The lowest BCUT2D eigenvalue weighted by Crippen LogP contribution is -2.51. The summed E-state index contributed by atoms with van der Waals surface area (Å²) in [7, 11) is 0. The van der Waals surface area contributed by atoms with Crippen molar-refractivity contribution in [2.75, 3.05) is 19.9 Å². The van der Waals surface area contributed by atoms with Crippen LogP contribution < -0.4 is 5.73 Å². The van der Waals surface area contributed by atoms with Gasteiger partial charge in [0.15, 0.2) is 0 Å². The molecule has 7 nitrogen and oxygen atoms in total. The Balaban J connectivity index is 1.70. The quantitative estimate of drug-likeness (QED) is 0.400. The van der Waals surface area contributed by atoms with Crippen LogP contribution in [0, 0.1) is 5.41 Å². The van der Waals surface area contributed by atoms with Crippen molar-refractivity contribution in [3.63, 3.8) is 0 Å². The number of nitrogens with one attached hydrogen (secondary N) is 1. The summed E-state index contributed by atoms with van der Waals surface area (Å²) >= 11 is 0. The normalized spacial score (nSPS) is 28.1. The van der Waals surface area contributed by atoms with Gasteiger partial charge in [0.05, 0.1) is 37.3 Å². The number of nitrogens with two attached hydrogens (primary N) is 1. The summed E-state index contributed by atoms with van der Waals surface area (Å²) in [6.07, 6.45) is 14.7. The Morgan fingerprint density at radius 3 is 2.62 bits per heavy atom. The molecule has 2 aliphatic carbocycles. The van der Waals surface area contributed by atoms with Gasteiger partial charge in [0.25, 0.3) is 0 Å². The Hall–Kier alpha value is -2.35. The zero-order valence-electron chi connectivity index (χ0n) is 19.6. The molecular weight excluding hydrogens is 402 g/mol. The highest BCUT2D eigenvalue weighted by Gasteiger charge is 2.40. The lowest BCUT2D eigenvalue weighted by molar-refractivity contribution is -0.0497. The molecule has 0 aromatic carbocycles. The molecular formula is C25H37N5O2. The van der Waals surface area contributed by atoms with Gasteiger partial charge in [-0.15, -0.1) is 0 Å². The lowest BCUT2D eigenvalue weighted by Gasteiger charge is -2.40. The molecule has 0 bridgehead atoms. The smallest absolute Gasteiger partial charge is 0.120 e. The third kappa shape index (κ3) is 6.12. The molecule has 3 rings (SSSR count). The lowest BCUT2D eigenvalue weighted by atomic mass is 9.98. The number of ether oxygens (including phenoxy) is 2. The maximum Gasteiger partial charge on any atom is 0.120 e. The number of hydrogen-bond donors (Lipinski definition) is 2. The summed E-state index contributed by atoms with van der Waals surface area (Å²) in [5.74, 6) is 0.717. The fourth-order valence-electron chi connectivity index (χ4n) is 3.90. The minimum atomic E-state index is -0.419. The third-order valence-corrected chi connectivity index (χ3v) is 6.32. The Labute approximate surface area is 192 Å². The first-order chi connectivity index (χ1) is 15.4. The van der Waals surface area contributed by atoms with E-state index in [9.17, 15) is 0 Å². The summed E-state index contributed by atoms with van der Waals surface area (Å²) in [6, 6.07) is 0.316. The second-order valence-electron chi connectivity index (χ2n) is 8.84. The van der Waals surface area contributed by atoms with E-state index in [1.165, 1.54) is 6.34 Å². The zero-order valence-corrected chi connectivity index (χ0v) is 19.6. The molecule has 1 saturated heterocycles. The van der Waals surface area contributed by atoms with Gasteiger partial charge >= 0.3 is 0 Å². The van der Waals surface area contributed by atoms with Crippen LogP contribution in [0.4, 0.5) is 0 Å². The zero-order chi connectivity index (χ0) is 23.1. The van der Waals surface area contributed by atoms with Crippen molar-refractivity contribution in [3.8, 4) is 0 Å². The molecule has 1 aliphatic heterocycles. The molecule has 2 fully saturated rings. The van der Waals surface area contributed by atoms with Crippen molar-refractivity contribution in [2.45, 2.75) is 70.2 Å². The van der Waals surface area contributed by atoms with Crippen LogP contribution in [0.15, 0.2) is 58.3 Å². The van der Waals surface area contributed by atoms with E-state index in [-0.39, 0.29) is 11.3 Å². The molecule has 0 amide bonds. The van der Waals surface area contributed by atoms with E-state index in [2.05, 4.69) is 42.2 Å². The molecule has 0 radical (unpaired) electrons. The summed E-state index contributed by atoms with van der Waals surface area (Å²) in [6.45, 7) is 12.3. The molecule has 3 atom stereocenters. The van der Waals surface area contributed by atoms with Gasteiger partial charge < -0.3 is 15.2 Å². The summed E-state index contributed by atoms with van der Waals surface area (Å²) < 4.78 is 11.8. The maximum atomic E-state index is 8.70. The van der Waals surface area contributed by atoms with Gasteiger partial charge in [-0.3, -0.25) is 15.3 Å². The highest BCUT2D eigenvalue weighted by atomic mass is 16.5. The van der Waals surface area contributed by atoms with Crippen molar-refractivity contribution in [1.29, 1.82) is 5.41 Å². The molecule has 7 heteroatoms. The van der Waals surface area contributed by atoms with Crippen LogP contribution in [0.25, 0.3) is 0 Å². The standard InChI is InChI=1S/C25H37N5O2/c1-5-18-14-31-15-19(6-2)30(18)17-28-16-29-23(7-3)24(27)21-13-20(9-8-10-22(21)26)32-25(4)11-12-25/h7-10,13,16,18-19,22,27H,3,5-6,11-12,14-15,17,26H2,1-2,4H3/t18?,19?,22-/m1/s1. The van der Waals surface area contributed by atoms with Crippen molar-refractivity contribution in [1.82, 2.24) is 4.90 Å². The Kier molecular flexibility index (Phi) is 8.34. The fourth-order valence-corrected chi connectivity index (χ4v) is 3.90. The molecule has 174 valence electrons. The third-order valence-electron chi connectivity index (χ3n) is 6.32. The van der Waals surface area contributed by atoms with Crippen LogP contribution in [-0.4, -0.2) is 66.3 Å². The highest BCUT2D eigenvalue weighted by Crippen LogP contribution is 2.41. The van der Waals surface area contributed by atoms with Crippen LogP contribution in [0.1, 0.15) is 46.5 Å². The minimum Gasteiger partial charge on any atom is -0.488 e. The molecule has 1 heterocycles. The summed E-state index contributed by atoms with van der Waals surface area (Å²) in [5.41, 5.74) is 7.50. The molecule has 0 spiro atoms. The van der Waals surface area contributed by atoms with Crippen molar-refractivity contribution >= 4 is 17.8 Å². The number of morpholine rings is 1. The van der Waals surface area contributed by atoms with Gasteiger partial charge in [-0.05, 0) is 50.8 Å². The molecule has 0 aromatic heterocycles. The number of rotatable bonds is 10. The molecule has 3 aliphatic rings. The molecule has 0 aromatic rings. The first-order valence-electron chi connectivity index (χ1n) is 11.6. The number of allylic oxidation sites excluding steroid dienone is 4. The Morgan fingerprint density at radius 2 is 2.03 bits per heavy atom. The van der Waals surface area contributed by atoms with E-state index in [1.54, 1.807) is 6.08 Å². The predicted molar refractivity (Wildman–Crippen MR) is 132 cm³/mol. The van der Waals surface area contributed by atoms with Crippen LogP contribution in [0.2, 0.25) is 0 Å². The second-order valence-corrected chi connectivity index (χ2v) is 8.84. The van der Waals surface area contributed by atoms with Crippen molar-refractivity contribution in [2.24, 2.45) is 15.7 Å². The van der Waals surface area contributed by atoms with Gasteiger partial charge in [0.1, 0.15) is 17.7 Å². The van der Waals surface area contributed by atoms with Crippen LogP contribution >= 0.6 is 0 Å². The number of hydrogen-bond acceptors (Lipinski definition) is 6. The van der Waals surface area contributed by atoms with Gasteiger partial charge in [0, 0.05) is 17.7 Å². The van der Waals surface area contributed by atoms with Gasteiger partial charge in [0.2, 0.25) is 0 Å².